The van der Waals surface area contributed by atoms with Gasteiger partial charge in [-0.3, -0.25) is 9.79 Å². The number of rotatable bonds is 4. The first-order chi connectivity index (χ1) is 13.1. The maximum Gasteiger partial charge on any atom is 0.341 e. The van der Waals surface area contributed by atoms with Crippen LogP contribution < -0.4 is 10.3 Å². The number of carbonyl (C=O) groups is 1. The number of aryl methyl sites for hydroxylation is 1. The van der Waals surface area contributed by atoms with E-state index in [1.807, 2.05) is 18.0 Å². The Morgan fingerprint density at radius 2 is 2.11 bits per heavy atom. The van der Waals surface area contributed by atoms with Crippen LogP contribution in [0.4, 0.5) is 10.1 Å². The molecule has 0 radical (unpaired) electrons. The maximum absolute atomic E-state index is 14.8. The number of hydrogen-bond donors (Lipinski definition) is 1. The number of aliphatic imine (C=N–C) groups is 1. The molecular weight excluding hydrogens is 361 g/mol. The lowest BCUT2D eigenvalue weighted by atomic mass is 9.99. The van der Waals surface area contributed by atoms with Gasteiger partial charge in [-0.1, -0.05) is 20.8 Å². The van der Waals surface area contributed by atoms with Gasteiger partial charge in [-0.05, 0) is 30.9 Å². The number of fused-ring (bicyclic) bond motifs is 1. The van der Waals surface area contributed by atoms with E-state index in [1.165, 1.54) is 6.20 Å². The van der Waals surface area contributed by atoms with Crippen LogP contribution in [0.25, 0.3) is 10.9 Å². The highest BCUT2D eigenvalue weighted by Crippen LogP contribution is 2.29. The molecule has 28 heavy (non-hydrogen) atoms. The topological polar surface area (TPSA) is 74.9 Å². The average Bonchev–Trinajstić information content (AvgIpc) is 3.08. The minimum atomic E-state index is -1.31. The number of aromatic carboxylic acids is 1. The van der Waals surface area contributed by atoms with E-state index in [9.17, 15) is 19.1 Å². The van der Waals surface area contributed by atoms with Crippen molar-refractivity contribution in [1.82, 2.24) is 4.57 Å². The largest absolute Gasteiger partial charge is 0.477 e. The molecule has 1 saturated heterocycles. The molecule has 7 heteroatoms. The van der Waals surface area contributed by atoms with Gasteiger partial charge in [0.05, 0.1) is 17.2 Å². The van der Waals surface area contributed by atoms with Crippen LogP contribution in [0.1, 0.15) is 44.5 Å². The lowest BCUT2D eigenvalue weighted by Gasteiger charge is -2.21. The third kappa shape index (κ3) is 3.93. The second-order valence-corrected chi connectivity index (χ2v) is 8.32. The summed E-state index contributed by atoms with van der Waals surface area (Å²) in [6, 6.07) is 2.92. The number of benzene rings is 1. The van der Waals surface area contributed by atoms with Crippen molar-refractivity contribution in [1.29, 1.82) is 0 Å². The zero-order valence-electron chi connectivity index (χ0n) is 16.7. The van der Waals surface area contributed by atoms with Crippen molar-refractivity contribution in [3.8, 4) is 0 Å². The summed E-state index contributed by atoms with van der Waals surface area (Å²) < 4.78 is 16.5. The summed E-state index contributed by atoms with van der Waals surface area (Å²) in [5.74, 6) is -1.83. The Morgan fingerprint density at radius 1 is 1.39 bits per heavy atom. The zero-order valence-corrected chi connectivity index (χ0v) is 16.7. The van der Waals surface area contributed by atoms with Gasteiger partial charge in [0.25, 0.3) is 0 Å². The number of hydrogen-bond acceptors (Lipinski definition) is 4. The van der Waals surface area contributed by atoms with Crippen LogP contribution in [-0.2, 0) is 6.54 Å². The fourth-order valence-corrected chi connectivity index (χ4v) is 3.47. The fourth-order valence-electron chi connectivity index (χ4n) is 3.47. The minimum Gasteiger partial charge on any atom is -0.477 e. The SMILES string of the molecule is CCn1cc(C(=O)O)c(=O)c2cc(F)c(N3CCC(N=CC(C)(C)C)C3)cc21. The van der Waals surface area contributed by atoms with Gasteiger partial charge in [0.2, 0.25) is 5.43 Å². The van der Waals surface area contributed by atoms with E-state index < -0.39 is 17.2 Å². The Morgan fingerprint density at radius 3 is 2.71 bits per heavy atom. The van der Waals surface area contributed by atoms with Crippen molar-refractivity contribution in [2.75, 3.05) is 18.0 Å². The van der Waals surface area contributed by atoms with E-state index in [4.69, 9.17) is 0 Å². The summed E-state index contributed by atoms with van der Waals surface area (Å²) in [5.41, 5.74) is -0.0483. The molecule has 2 heterocycles. The number of pyridine rings is 1. The van der Waals surface area contributed by atoms with E-state index in [0.29, 0.717) is 30.8 Å². The van der Waals surface area contributed by atoms with Crippen LogP contribution in [0.2, 0.25) is 0 Å². The number of halogens is 1. The molecule has 1 atom stereocenters. The van der Waals surface area contributed by atoms with Crippen LogP contribution >= 0.6 is 0 Å². The Labute approximate surface area is 163 Å². The first kappa shape index (κ1) is 20.0. The van der Waals surface area contributed by atoms with Crippen molar-refractivity contribution >= 4 is 28.8 Å². The van der Waals surface area contributed by atoms with Crippen LogP contribution in [0.3, 0.4) is 0 Å². The normalized spacial score (nSPS) is 17.8. The van der Waals surface area contributed by atoms with Gasteiger partial charge in [-0.2, -0.15) is 0 Å². The molecule has 0 amide bonds. The zero-order chi connectivity index (χ0) is 20.6. The Kier molecular flexibility index (Phi) is 5.28. The molecule has 1 fully saturated rings. The highest BCUT2D eigenvalue weighted by atomic mass is 19.1. The van der Waals surface area contributed by atoms with Gasteiger partial charge >= 0.3 is 5.97 Å². The summed E-state index contributed by atoms with van der Waals surface area (Å²) in [6.45, 7) is 9.87. The van der Waals surface area contributed by atoms with Crippen molar-refractivity contribution in [3.63, 3.8) is 0 Å². The third-order valence-electron chi connectivity index (χ3n) is 4.90. The van der Waals surface area contributed by atoms with Gasteiger partial charge in [-0.25, -0.2) is 9.18 Å². The van der Waals surface area contributed by atoms with Gasteiger partial charge in [0.1, 0.15) is 11.4 Å². The van der Waals surface area contributed by atoms with E-state index in [2.05, 4.69) is 25.8 Å². The predicted molar refractivity (Wildman–Crippen MR) is 109 cm³/mol. The molecule has 1 aliphatic heterocycles. The molecule has 1 unspecified atom stereocenters. The van der Waals surface area contributed by atoms with Crippen LogP contribution in [-0.4, -0.2) is 41.0 Å². The van der Waals surface area contributed by atoms with Crippen molar-refractivity contribution in [3.05, 3.63) is 39.9 Å². The molecule has 1 aliphatic rings. The summed E-state index contributed by atoms with van der Waals surface area (Å²) in [6.07, 6.45) is 4.11. The monoisotopic (exact) mass is 387 g/mol. The summed E-state index contributed by atoms with van der Waals surface area (Å²) in [5, 5.41) is 9.34. The molecule has 0 spiro atoms. The highest BCUT2D eigenvalue weighted by Gasteiger charge is 2.26. The summed E-state index contributed by atoms with van der Waals surface area (Å²) >= 11 is 0. The maximum atomic E-state index is 14.8. The van der Waals surface area contributed by atoms with E-state index >= 15 is 0 Å². The first-order valence-corrected chi connectivity index (χ1v) is 9.50. The summed E-state index contributed by atoms with van der Waals surface area (Å²) in [7, 11) is 0. The Hall–Kier alpha value is -2.70. The Bertz CT molecular complexity index is 1000. The molecule has 1 aromatic heterocycles. The van der Waals surface area contributed by atoms with Crippen molar-refractivity contribution in [2.45, 2.75) is 46.7 Å². The average molecular weight is 387 g/mol. The smallest absolute Gasteiger partial charge is 0.341 e. The number of carboxylic acid groups (broad SMARTS) is 1. The summed E-state index contributed by atoms with van der Waals surface area (Å²) in [4.78, 5) is 30.4. The molecule has 1 N–H and O–H groups in total. The third-order valence-corrected chi connectivity index (χ3v) is 4.90. The number of carboxylic acids is 1. The molecule has 0 aliphatic carbocycles. The fraction of sp³-hybridized carbons (Fsp3) is 0.476. The second-order valence-electron chi connectivity index (χ2n) is 8.32. The predicted octanol–water partition coefficient (Wildman–Crippen LogP) is 3.55. The lowest BCUT2D eigenvalue weighted by Crippen LogP contribution is -2.24. The van der Waals surface area contributed by atoms with Crippen LogP contribution in [0.15, 0.2) is 28.1 Å². The first-order valence-electron chi connectivity index (χ1n) is 9.50. The van der Waals surface area contributed by atoms with E-state index in [0.717, 1.165) is 12.5 Å². The lowest BCUT2D eigenvalue weighted by molar-refractivity contribution is 0.0695. The molecular formula is C21H26FN3O3. The standard InChI is InChI=1S/C21H26FN3O3/c1-5-24-11-15(20(27)28)19(26)14-8-16(22)18(9-17(14)24)25-7-6-13(10-25)23-12-21(2,3)4/h8-9,11-13H,5-7,10H2,1-4H3,(H,27,28). The number of nitrogens with zero attached hydrogens (tertiary/aromatic N) is 3. The molecule has 1 aromatic carbocycles. The molecule has 6 nitrogen and oxygen atoms in total. The molecule has 3 rings (SSSR count). The van der Waals surface area contributed by atoms with E-state index in [-0.39, 0.29) is 22.4 Å². The van der Waals surface area contributed by atoms with Gasteiger partial charge in [-0.15, -0.1) is 0 Å². The number of aromatic nitrogens is 1. The highest BCUT2D eigenvalue weighted by molar-refractivity contribution is 5.93. The van der Waals surface area contributed by atoms with Crippen molar-refractivity contribution < 1.29 is 14.3 Å². The van der Waals surface area contributed by atoms with Gasteiger partial charge < -0.3 is 14.6 Å². The minimum absolute atomic E-state index is 0.000656. The van der Waals surface area contributed by atoms with Gasteiger partial charge in [0.15, 0.2) is 0 Å². The quantitative estimate of drug-likeness (QED) is 0.814. The van der Waals surface area contributed by atoms with E-state index in [1.54, 1.807) is 10.6 Å². The molecule has 150 valence electrons. The van der Waals surface area contributed by atoms with Crippen LogP contribution in [0, 0.1) is 11.2 Å². The van der Waals surface area contributed by atoms with Gasteiger partial charge in [0, 0.05) is 37.4 Å². The number of anilines is 1. The Balaban J connectivity index is 2.01. The van der Waals surface area contributed by atoms with Crippen LogP contribution in [0.5, 0.6) is 0 Å². The van der Waals surface area contributed by atoms with Crippen molar-refractivity contribution in [2.24, 2.45) is 10.4 Å². The second kappa shape index (κ2) is 7.37. The molecule has 0 saturated carbocycles. The molecule has 2 aromatic rings. The molecule has 0 bridgehead atoms.